The monoisotopic (exact) mass is 253 g/mol. The van der Waals surface area contributed by atoms with Gasteiger partial charge in [-0.25, -0.2) is 4.79 Å². The largest absolute Gasteiger partial charge is 0.480 e. The molecule has 1 aliphatic heterocycles. The van der Waals surface area contributed by atoms with Crippen LogP contribution in [-0.4, -0.2) is 40.1 Å². The molecule has 0 aromatic heterocycles. The summed E-state index contributed by atoms with van der Waals surface area (Å²) in [5.74, 6) is -3.93. The number of hydrogen-bond acceptors (Lipinski definition) is 2. The summed E-state index contributed by atoms with van der Waals surface area (Å²) in [5.41, 5.74) is 0. The first-order valence-electron chi connectivity index (χ1n) is 5.28. The molecule has 98 valence electrons. The van der Waals surface area contributed by atoms with Gasteiger partial charge in [0.2, 0.25) is 0 Å². The van der Waals surface area contributed by atoms with E-state index in [-0.39, 0.29) is 0 Å². The SMILES string of the molecule is CC1CCC(C)N(C(=O)C(F)(F)F)C1C(=O)O. The van der Waals surface area contributed by atoms with Gasteiger partial charge in [-0.05, 0) is 25.7 Å². The number of carboxylic acid groups (broad SMARTS) is 1. The number of amides is 1. The highest BCUT2D eigenvalue weighted by Crippen LogP contribution is 2.32. The van der Waals surface area contributed by atoms with Crippen LogP contribution in [0, 0.1) is 5.92 Å². The summed E-state index contributed by atoms with van der Waals surface area (Å²) in [6.45, 7) is 2.98. The van der Waals surface area contributed by atoms with E-state index >= 15 is 0 Å². The van der Waals surface area contributed by atoms with Crippen LogP contribution in [-0.2, 0) is 9.59 Å². The molecule has 1 fully saturated rings. The van der Waals surface area contributed by atoms with Gasteiger partial charge in [0.05, 0.1) is 0 Å². The molecule has 1 N–H and O–H groups in total. The van der Waals surface area contributed by atoms with Crippen molar-refractivity contribution in [2.24, 2.45) is 5.92 Å². The lowest BCUT2D eigenvalue weighted by molar-refractivity contribution is -0.196. The Morgan fingerprint density at radius 3 is 2.18 bits per heavy atom. The summed E-state index contributed by atoms with van der Waals surface area (Å²) in [6, 6.07) is -2.10. The molecule has 3 unspecified atom stereocenters. The van der Waals surface area contributed by atoms with Crippen molar-refractivity contribution in [3.8, 4) is 0 Å². The zero-order valence-electron chi connectivity index (χ0n) is 9.49. The predicted molar refractivity (Wildman–Crippen MR) is 52.2 cm³/mol. The van der Waals surface area contributed by atoms with Crippen LogP contribution in [0.15, 0.2) is 0 Å². The molecule has 1 rings (SSSR count). The van der Waals surface area contributed by atoms with Crippen molar-refractivity contribution in [3.05, 3.63) is 0 Å². The first-order chi connectivity index (χ1) is 7.66. The number of rotatable bonds is 1. The van der Waals surface area contributed by atoms with Gasteiger partial charge in [-0.1, -0.05) is 6.92 Å². The normalized spacial score (nSPS) is 30.2. The Kier molecular flexibility index (Phi) is 3.68. The van der Waals surface area contributed by atoms with E-state index in [1.54, 1.807) is 6.92 Å². The second-order valence-corrected chi connectivity index (χ2v) is 4.40. The standard InChI is InChI=1S/C10H14F3NO3/c1-5-3-4-6(2)14(7(5)8(15)16)9(17)10(11,12)13/h5-7H,3-4H2,1-2H3,(H,15,16). The molecule has 1 aliphatic rings. The molecule has 0 spiro atoms. The molecule has 0 aromatic carbocycles. The number of hydrogen-bond donors (Lipinski definition) is 1. The molecule has 0 radical (unpaired) electrons. The Morgan fingerprint density at radius 1 is 1.24 bits per heavy atom. The minimum Gasteiger partial charge on any atom is -0.480 e. The first kappa shape index (κ1) is 13.8. The molecule has 3 atom stereocenters. The van der Waals surface area contributed by atoms with E-state index in [9.17, 15) is 22.8 Å². The number of likely N-dealkylation sites (tertiary alicyclic amines) is 1. The van der Waals surface area contributed by atoms with Crippen molar-refractivity contribution in [1.29, 1.82) is 0 Å². The molecule has 7 heteroatoms. The van der Waals surface area contributed by atoms with Crippen LogP contribution in [0.25, 0.3) is 0 Å². The minimum atomic E-state index is -5.03. The van der Waals surface area contributed by atoms with Crippen molar-refractivity contribution in [1.82, 2.24) is 4.90 Å². The van der Waals surface area contributed by atoms with E-state index in [0.717, 1.165) is 0 Å². The van der Waals surface area contributed by atoms with Crippen molar-refractivity contribution < 1.29 is 27.9 Å². The van der Waals surface area contributed by atoms with Gasteiger partial charge in [0, 0.05) is 6.04 Å². The quantitative estimate of drug-likeness (QED) is 0.773. The number of aliphatic carboxylic acids is 1. The van der Waals surface area contributed by atoms with Crippen LogP contribution in [0.5, 0.6) is 0 Å². The third-order valence-electron chi connectivity index (χ3n) is 3.08. The minimum absolute atomic E-state index is 0.382. The summed E-state index contributed by atoms with van der Waals surface area (Å²) in [7, 11) is 0. The van der Waals surface area contributed by atoms with Gasteiger partial charge in [0.1, 0.15) is 6.04 Å². The lowest BCUT2D eigenvalue weighted by atomic mass is 9.87. The van der Waals surface area contributed by atoms with Gasteiger partial charge in [0.15, 0.2) is 0 Å². The highest BCUT2D eigenvalue weighted by Gasteiger charge is 2.50. The van der Waals surface area contributed by atoms with Gasteiger partial charge >= 0.3 is 18.1 Å². The van der Waals surface area contributed by atoms with Crippen LogP contribution in [0.3, 0.4) is 0 Å². The maximum Gasteiger partial charge on any atom is 0.471 e. The third kappa shape index (κ3) is 2.70. The van der Waals surface area contributed by atoms with E-state index in [2.05, 4.69) is 0 Å². The Hall–Kier alpha value is -1.27. The molecule has 17 heavy (non-hydrogen) atoms. The summed E-state index contributed by atoms with van der Waals surface area (Å²) < 4.78 is 37.2. The van der Waals surface area contributed by atoms with Gasteiger partial charge in [-0.3, -0.25) is 4.79 Å². The molecule has 0 aromatic rings. The maximum atomic E-state index is 12.4. The van der Waals surface area contributed by atoms with Crippen LogP contribution in [0.1, 0.15) is 26.7 Å². The van der Waals surface area contributed by atoms with Gasteiger partial charge in [0.25, 0.3) is 0 Å². The van der Waals surface area contributed by atoms with E-state index in [1.807, 2.05) is 0 Å². The fourth-order valence-corrected chi connectivity index (χ4v) is 2.18. The van der Waals surface area contributed by atoms with Crippen molar-refractivity contribution in [2.75, 3.05) is 0 Å². The van der Waals surface area contributed by atoms with Crippen molar-refractivity contribution in [3.63, 3.8) is 0 Å². The third-order valence-corrected chi connectivity index (χ3v) is 3.08. The average Bonchev–Trinajstić information content (AvgIpc) is 2.18. The Labute approximate surface area is 96.4 Å². The highest BCUT2D eigenvalue weighted by atomic mass is 19.4. The molecule has 1 heterocycles. The van der Waals surface area contributed by atoms with Gasteiger partial charge in [-0.15, -0.1) is 0 Å². The second-order valence-electron chi connectivity index (χ2n) is 4.40. The number of halogens is 3. The molecule has 0 saturated carbocycles. The van der Waals surface area contributed by atoms with E-state index in [4.69, 9.17) is 5.11 Å². The summed E-state index contributed by atoms with van der Waals surface area (Å²) in [5, 5.41) is 8.95. The summed E-state index contributed by atoms with van der Waals surface area (Å²) in [6.07, 6.45) is -4.15. The van der Waals surface area contributed by atoms with Gasteiger partial charge in [-0.2, -0.15) is 13.2 Å². The van der Waals surface area contributed by atoms with E-state index < -0.39 is 36.1 Å². The number of carbonyl (C=O) groups excluding carboxylic acids is 1. The fourth-order valence-electron chi connectivity index (χ4n) is 2.18. The van der Waals surface area contributed by atoms with Crippen LogP contribution < -0.4 is 0 Å². The smallest absolute Gasteiger partial charge is 0.471 e. The number of piperidine rings is 1. The summed E-state index contributed by atoms with van der Waals surface area (Å²) in [4.78, 5) is 22.7. The van der Waals surface area contributed by atoms with Crippen LogP contribution in [0.2, 0.25) is 0 Å². The first-order valence-corrected chi connectivity index (χ1v) is 5.28. The molecule has 1 saturated heterocycles. The molecular formula is C10H14F3NO3. The Balaban J connectivity index is 3.05. The molecule has 0 bridgehead atoms. The van der Waals surface area contributed by atoms with E-state index in [0.29, 0.717) is 17.7 Å². The van der Waals surface area contributed by atoms with Crippen LogP contribution in [0.4, 0.5) is 13.2 Å². The lowest BCUT2D eigenvalue weighted by Crippen LogP contribution is -2.59. The topological polar surface area (TPSA) is 57.6 Å². The highest BCUT2D eigenvalue weighted by molar-refractivity contribution is 5.87. The zero-order chi connectivity index (χ0) is 13.4. The Bertz CT molecular complexity index is 329. The average molecular weight is 253 g/mol. The number of nitrogens with zero attached hydrogens (tertiary/aromatic N) is 1. The number of alkyl halides is 3. The molecule has 4 nitrogen and oxygen atoms in total. The van der Waals surface area contributed by atoms with Gasteiger partial charge < -0.3 is 10.0 Å². The molecule has 1 amide bonds. The second kappa shape index (κ2) is 4.54. The Morgan fingerprint density at radius 2 is 1.76 bits per heavy atom. The maximum absolute atomic E-state index is 12.4. The number of carboxylic acids is 1. The van der Waals surface area contributed by atoms with Crippen molar-refractivity contribution in [2.45, 2.75) is 44.9 Å². The number of carbonyl (C=O) groups is 2. The molecular weight excluding hydrogens is 239 g/mol. The van der Waals surface area contributed by atoms with E-state index in [1.165, 1.54) is 6.92 Å². The summed E-state index contributed by atoms with van der Waals surface area (Å²) >= 11 is 0. The predicted octanol–water partition coefficient (Wildman–Crippen LogP) is 1.65. The fraction of sp³-hybridized carbons (Fsp3) is 0.800. The molecule has 0 aliphatic carbocycles. The zero-order valence-corrected chi connectivity index (χ0v) is 9.49. The lowest BCUT2D eigenvalue weighted by Gasteiger charge is -2.42. The van der Waals surface area contributed by atoms with Crippen molar-refractivity contribution >= 4 is 11.9 Å². The van der Waals surface area contributed by atoms with Crippen LogP contribution >= 0.6 is 0 Å².